The van der Waals surface area contributed by atoms with Gasteiger partial charge in [0.15, 0.2) is 10.8 Å². The van der Waals surface area contributed by atoms with Crippen molar-refractivity contribution in [3.8, 4) is 0 Å². The molecule has 0 saturated heterocycles. The van der Waals surface area contributed by atoms with Gasteiger partial charge in [0, 0.05) is 11.9 Å². The van der Waals surface area contributed by atoms with Gasteiger partial charge in [-0.15, -0.1) is 11.3 Å². The highest BCUT2D eigenvalue weighted by molar-refractivity contribution is 7.13. The van der Waals surface area contributed by atoms with E-state index in [1.165, 1.54) is 24.2 Å². The summed E-state index contributed by atoms with van der Waals surface area (Å²) in [6, 6.07) is 0. The van der Waals surface area contributed by atoms with Crippen LogP contribution in [0.1, 0.15) is 44.1 Å². The first-order valence-electron chi connectivity index (χ1n) is 6.44. The molecule has 1 heterocycles. The zero-order valence-electron chi connectivity index (χ0n) is 11.2. The number of hydrogen-bond donors (Lipinski definition) is 1. The van der Waals surface area contributed by atoms with Crippen molar-refractivity contribution in [1.82, 2.24) is 4.98 Å². The summed E-state index contributed by atoms with van der Waals surface area (Å²) in [5, 5.41) is 5.90. The van der Waals surface area contributed by atoms with E-state index in [-0.39, 0.29) is 5.97 Å². The summed E-state index contributed by atoms with van der Waals surface area (Å²) in [5.74, 6) is 0.348. The lowest BCUT2D eigenvalue weighted by Gasteiger charge is -2.19. The fourth-order valence-electron chi connectivity index (χ4n) is 2.02. The number of esters is 1. The van der Waals surface area contributed by atoms with Gasteiger partial charge in [-0.2, -0.15) is 0 Å². The Kier molecular flexibility index (Phi) is 3.90. The molecule has 4 nitrogen and oxygen atoms in total. The minimum atomic E-state index is -0.341. The minimum Gasteiger partial charge on any atom is -0.461 e. The van der Waals surface area contributed by atoms with E-state index in [2.05, 4.69) is 24.1 Å². The quantitative estimate of drug-likeness (QED) is 0.805. The summed E-state index contributed by atoms with van der Waals surface area (Å²) >= 11 is 1.46. The highest BCUT2D eigenvalue weighted by atomic mass is 32.1. The van der Waals surface area contributed by atoms with Crippen LogP contribution in [0.5, 0.6) is 0 Å². The number of carbonyl (C=O) groups excluding carboxylic acids is 1. The van der Waals surface area contributed by atoms with Crippen LogP contribution in [0, 0.1) is 11.3 Å². The zero-order chi connectivity index (χ0) is 13.2. The monoisotopic (exact) mass is 268 g/mol. The molecule has 0 bridgehead atoms. The maximum Gasteiger partial charge on any atom is 0.357 e. The number of thiazole rings is 1. The lowest BCUT2D eigenvalue weighted by molar-refractivity contribution is 0.0520. The summed E-state index contributed by atoms with van der Waals surface area (Å²) in [4.78, 5) is 15.7. The number of anilines is 1. The Bertz CT molecular complexity index is 424. The van der Waals surface area contributed by atoms with Crippen molar-refractivity contribution >= 4 is 22.4 Å². The van der Waals surface area contributed by atoms with E-state index in [4.69, 9.17) is 4.74 Å². The predicted molar refractivity (Wildman–Crippen MR) is 73.1 cm³/mol. The molecule has 1 aromatic heterocycles. The van der Waals surface area contributed by atoms with Gasteiger partial charge in [-0.25, -0.2) is 9.78 Å². The SMILES string of the molecule is CCOC(=O)c1csc(NCC2(C(C)C)CC2)n1. The number of carbonyl (C=O) groups is 1. The van der Waals surface area contributed by atoms with Crippen LogP contribution in [0.3, 0.4) is 0 Å². The van der Waals surface area contributed by atoms with Crippen LogP contribution in [0.4, 0.5) is 5.13 Å². The Labute approximate surface area is 112 Å². The van der Waals surface area contributed by atoms with E-state index in [0.717, 1.165) is 11.7 Å². The predicted octanol–water partition coefficient (Wildman–Crippen LogP) is 3.17. The summed E-state index contributed by atoms with van der Waals surface area (Å²) in [5.41, 5.74) is 0.842. The van der Waals surface area contributed by atoms with Crippen molar-refractivity contribution in [3.05, 3.63) is 11.1 Å². The average molecular weight is 268 g/mol. The molecule has 0 aromatic carbocycles. The third kappa shape index (κ3) is 2.83. The Balaban J connectivity index is 1.89. The molecule has 1 saturated carbocycles. The fraction of sp³-hybridized carbons (Fsp3) is 0.692. The number of rotatable bonds is 6. The standard InChI is InChI=1S/C13H20N2O2S/c1-4-17-11(16)10-7-18-12(15-10)14-8-13(5-6-13)9(2)3/h7,9H,4-6,8H2,1-3H3,(H,14,15). The van der Waals surface area contributed by atoms with Gasteiger partial charge in [0.25, 0.3) is 0 Å². The van der Waals surface area contributed by atoms with Crippen LogP contribution in [-0.4, -0.2) is 24.1 Å². The topological polar surface area (TPSA) is 51.2 Å². The van der Waals surface area contributed by atoms with Crippen molar-refractivity contribution in [2.45, 2.75) is 33.6 Å². The molecule has 1 aromatic rings. The Morgan fingerprint density at radius 2 is 2.33 bits per heavy atom. The highest BCUT2D eigenvalue weighted by Crippen LogP contribution is 2.51. The Hall–Kier alpha value is -1.10. The van der Waals surface area contributed by atoms with Crippen molar-refractivity contribution in [3.63, 3.8) is 0 Å². The van der Waals surface area contributed by atoms with E-state index in [9.17, 15) is 4.79 Å². The number of nitrogens with zero attached hydrogens (tertiary/aromatic N) is 1. The molecule has 0 spiro atoms. The number of aromatic nitrogens is 1. The molecule has 5 heteroatoms. The number of ether oxygens (including phenoxy) is 1. The first-order chi connectivity index (χ1) is 8.57. The smallest absolute Gasteiger partial charge is 0.357 e. The molecule has 1 fully saturated rings. The first-order valence-corrected chi connectivity index (χ1v) is 7.32. The van der Waals surface area contributed by atoms with Crippen LogP contribution in [-0.2, 0) is 4.74 Å². The van der Waals surface area contributed by atoms with Gasteiger partial charge < -0.3 is 10.1 Å². The van der Waals surface area contributed by atoms with Gasteiger partial charge in [0.1, 0.15) is 0 Å². The molecule has 100 valence electrons. The lowest BCUT2D eigenvalue weighted by atomic mass is 9.92. The van der Waals surface area contributed by atoms with Gasteiger partial charge in [-0.3, -0.25) is 0 Å². The molecule has 0 aliphatic heterocycles. The van der Waals surface area contributed by atoms with Crippen LogP contribution in [0.15, 0.2) is 5.38 Å². The lowest BCUT2D eigenvalue weighted by Crippen LogP contribution is -2.20. The van der Waals surface area contributed by atoms with Gasteiger partial charge in [0.2, 0.25) is 0 Å². The van der Waals surface area contributed by atoms with Gasteiger partial charge in [0.05, 0.1) is 6.61 Å². The van der Waals surface area contributed by atoms with E-state index >= 15 is 0 Å². The van der Waals surface area contributed by atoms with Gasteiger partial charge in [-0.1, -0.05) is 13.8 Å². The van der Waals surface area contributed by atoms with E-state index < -0.39 is 0 Å². The molecule has 0 unspecified atom stereocenters. The van der Waals surface area contributed by atoms with Crippen LogP contribution < -0.4 is 5.32 Å². The van der Waals surface area contributed by atoms with Crippen molar-refractivity contribution < 1.29 is 9.53 Å². The van der Waals surface area contributed by atoms with Crippen molar-refractivity contribution in [1.29, 1.82) is 0 Å². The molecule has 18 heavy (non-hydrogen) atoms. The zero-order valence-corrected chi connectivity index (χ0v) is 12.0. The maximum atomic E-state index is 11.5. The molecular formula is C13H20N2O2S. The van der Waals surface area contributed by atoms with Gasteiger partial charge in [-0.05, 0) is 31.1 Å². The largest absolute Gasteiger partial charge is 0.461 e. The number of hydrogen-bond acceptors (Lipinski definition) is 5. The molecule has 0 atom stereocenters. The summed E-state index contributed by atoms with van der Waals surface area (Å²) < 4.78 is 4.91. The van der Waals surface area contributed by atoms with Crippen molar-refractivity contribution in [2.75, 3.05) is 18.5 Å². The summed E-state index contributed by atoms with van der Waals surface area (Å²) in [6.45, 7) is 7.65. The molecule has 1 N–H and O–H groups in total. The first kappa shape index (κ1) is 13.3. The molecular weight excluding hydrogens is 248 g/mol. The fourth-order valence-corrected chi connectivity index (χ4v) is 2.70. The molecule has 1 aliphatic carbocycles. The normalized spacial score (nSPS) is 16.7. The molecule has 0 radical (unpaired) electrons. The molecule has 2 rings (SSSR count). The van der Waals surface area contributed by atoms with Gasteiger partial charge >= 0.3 is 5.97 Å². The number of nitrogens with one attached hydrogen (secondary N) is 1. The van der Waals surface area contributed by atoms with Crippen LogP contribution >= 0.6 is 11.3 Å². The van der Waals surface area contributed by atoms with E-state index in [0.29, 0.717) is 23.6 Å². The van der Waals surface area contributed by atoms with Crippen LogP contribution in [0.25, 0.3) is 0 Å². The van der Waals surface area contributed by atoms with Crippen molar-refractivity contribution in [2.24, 2.45) is 11.3 Å². The second kappa shape index (κ2) is 5.26. The van der Waals surface area contributed by atoms with E-state index in [1.807, 2.05) is 0 Å². The van der Waals surface area contributed by atoms with Crippen LogP contribution in [0.2, 0.25) is 0 Å². The second-order valence-corrected chi connectivity index (χ2v) is 5.99. The maximum absolute atomic E-state index is 11.5. The molecule has 0 amide bonds. The minimum absolute atomic E-state index is 0.341. The average Bonchev–Trinajstić information content (AvgIpc) is 2.98. The summed E-state index contributed by atoms with van der Waals surface area (Å²) in [6.07, 6.45) is 2.57. The highest BCUT2D eigenvalue weighted by Gasteiger charge is 2.45. The Morgan fingerprint density at radius 3 is 2.89 bits per heavy atom. The second-order valence-electron chi connectivity index (χ2n) is 5.13. The molecule has 1 aliphatic rings. The Morgan fingerprint density at radius 1 is 1.61 bits per heavy atom. The van der Waals surface area contributed by atoms with E-state index in [1.54, 1.807) is 12.3 Å². The third-order valence-electron chi connectivity index (χ3n) is 3.70. The third-order valence-corrected chi connectivity index (χ3v) is 4.50. The summed E-state index contributed by atoms with van der Waals surface area (Å²) in [7, 11) is 0.